The van der Waals surface area contributed by atoms with Gasteiger partial charge in [-0.15, -0.1) is 0 Å². The van der Waals surface area contributed by atoms with Crippen molar-refractivity contribution in [2.75, 3.05) is 6.54 Å². The van der Waals surface area contributed by atoms with Crippen molar-refractivity contribution in [2.24, 2.45) is 12.8 Å². The summed E-state index contributed by atoms with van der Waals surface area (Å²) in [6, 6.07) is 5.45. The molecule has 0 saturated carbocycles. The zero-order valence-electron chi connectivity index (χ0n) is 20.4. The van der Waals surface area contributed by atoms with E-state index in [-0.39, 0.29) is 25.8 Å². The van der Waals surface area contributed by atoms with Crippen LogP contribution in [0.3, 0.4) is 0 Å². The maximum Gasteiger partial charge on any atom is 0.329 e. The Labute approximate surface area is 203 Å². The summed E-state index contributed by atoms with van der Waals surface area (Å²) < 4.78 is 7.31. The van der Waals surface area contributed by atoms with Crippen molar-refractivity contribution in [3.63, 3.8) is 0 Å². The van der Waals surface area contributed by atoms with Gasteiger partial charge in [0.15, 0.2) is 0 Å². The van der Waals surface area contributed by atoms with Gasteiger partial charge in [0, 0.05) is 37.0 Å². The molecule has 0 saturated heterocycles. The molecule has 188 valence electrons. The van der Waals surface area contributed by atoms with Crippen molar-refractivity contribution in [3.05, 3.63) is 41.6 Å². The number of benzene rings is 1. The number of amides is 2. The molecule has 2 amide bonds. The third-order valence-corrected chi connectivity index (χ3v) is 5.13. The molecule has 0 radical (unpaired) electrons. The summed E-state index contributed by atoms with van der Waals surface area (Å²) in [5.41, 5.74) is 14.9. The van der Waals surface area contributed by atoms with Crippen molar-refractivity contribution < 1.29 is 28.7 Å². The highest BCUT2D eigenvalue weighted by Gasteiger charge is 2.31. The van der Waals surface area contributed by atoms with Gasteiger partial charge in [-0.05, 0) is 38.8 Å². The van der Waals surface area contributed by atoms with Crippen molar-refractivity contribution >= 4 is 40.7 Å². The molecule has 0 aliphatic carbocycles. The van der Waals surface area contributed by atoms with E-state index >= 15 is 0 Å². The van der Waals surface area contributed by atoms with Gasteiger partial charge in [0.05, 0.1) is 6.54 Å². The average molecular weight is 485 g/mol. The molecule has 1 heterocycles. The highest BCUT2D eigenvalue weighted by Crippen LogP contribution is 2.22. The van der Waals surface area contributed by atoms with E-state index in [2.05, 4.69) is 15.4 Å². The van der Waals surface area contributed by atoms with E-state index in [1.165, 1.54) is 0 Å². The molecule has 2 aromatic rings. The van der Waals surface area contributed by atoms with Gasteiger partial charge in [0.25, 0.3) is 0 Å². The lowest BCUT2D eigenvalue weighted by atomic mass is 10.0. The average Bonchev–Trinajstić information content (AvgIpc) is 3.10. The summed E-state index contributed by atoms with van der Waals surface area (Å²) in [5.74, 6) is -2.42. The van der Waals surface area contributed by atoms with Gasteiger partial charge in [-0.3, -0.25) is 14.4 Å². The maximum atomic E-state index is 13.3. The van der Waals surface area contributed by atoms with Crippen LogP contribution in [0, 0.1) is 0 Å². The molecule has 0 fully saturated rings. The molecule has 0 aliphatic heterocycles. The summed E-state index contributed by atoms with van der Waals surface area (Å²) in [5, 5.41) is 6.14. The van der Waals surface area contributed by atoms with Crippen LogP contribution in [-0.4, -0.2) is 63.4 Å². The number of rotatable bonds is 11. The molecule has 11 heteroatoms. The lowest BCUT2D eigenvalue weighted by molar-refractivity contribution is -0.159. The largest absolute Gasteiger partial charge is 0.458 e. The number of fused-ring (bicyclic) bond motifs is 1. The number of ether oxygens (including phenoxy) is 1. The van der Waals surface area contributed by atoms with E-state index in [0.717, 1.165) is 22.7 Å². The van der Waals surface area contributed by atoms with Gasteiger partial charge in [-0.1, -0.05) is 18.2 Å². The Kier molecular flexibility index (Phi) is 9.44. The molecule has 1 aromatic carbocycles. The van der Waals surface area contributed by atoms with Gasteiger partial charge in [-0.2, -0.15) is 4.79 Å². The van der Waals surface area contributed by atoms with Gasteiger partial charge in [0.1, 0.15) is 17.7 Å². The van der Waals surface area contributed by atoms with Crippen LogP contribution < -0.4 is 16.4 Å². The fraction of sp³-hybridized carbons (Fsp3) is 0.458. The first-order valence-electron chi connectivity index (χ1n) is 11.2. The second-order valence-corrected chi connectivity index (χ2v) is 9.15. The molecule has 0 bridgehead atoms. The summed E-state index contributed by atoms with van der Waals surface area (Å²) in [6.45, 7) is 4.72. The van der Waals surface area contributed by atoms with Crippen LogP contribution in [0.25, 0.3) is 16.4 Å². The third-order valence-electron chi connectivity index (χ3n) is 5.13. The predicted molar refractivity (Wildman–Crippen MR) is 129 cm³/mol. The number of Topliss-reactive ketones (excluding diaryl/α,β-unsaturated/α-hetero) is 1. The summed E-state index contributed by atoms with van der Waals surface area (Å²) >= 11 is 0. The Morgan fingerprint density at radius 2 is 1.86 bits per heavy atom. The SMILES string of the molecule is Cn1cc(C[C@H](NC(=O)CN)C(=O)N[C@@H](CCC(=O)C=[N+]=[N-])C(=O)OC(C)(C)C)c2ccccc21. The van der Waals surface area contributed by atoms with Crippen molar-refractivity contribution in [1.82, 2.24) is 15.2 Å². The maximum absolute atomic E-state index is 13.3. The number of carbonyl (C=O) groups is 4. The minimum atomic E-state index is -1.16. The molecule has 4 N–H and O–H groups in total. The Balaban J connectivity index is 2.29. The zero-order valence-corrected chi connectivity index (χ0v) is 20.4. The lowest BCUT2D eigenvalue weighted by Crippen LogP contribution is -2.54. The number of hydrogen-bond donors (Lipinski definition) is 3. The van der Waals surface area contributed by atoms with E-state index < -0.39 is 41.3 Å². The second-order valence-electron chi connectivity index (χ2n) is 9.15. The molecule has 0 aliphatic rings. The predicted octanol–water partition coefficient (Wildman–Crippen LogP) is 0.641. The van der Waals surface area contributed by atoms with Crippen molar-refractivity contribution in [2.45, 2.75) is 57.7 Å². The van der Waals surface area contributed by atoms with Gasteiger partial charge in [0.2, 0.25) is 17.6 Å². The van der Waals surface area contributed by atoms with Crippen LogP contribution in [0.1, 0.15) is 39.2 Å². The standard InChI is InChI=1S/C24H32N6O5/c1-24(2,3)35-23(34)18(10-9-16(31)13-27-26)29-22(33)19(28-21(32)12-25)11-15-14-30(4)20-8-6-5-7-17(15)20/h5-8,13-14,18-19H,9-12,25H2,1-4H3,(H,28,32)(H,29,33)/t18-,19-/m0/s1. The molecule has 2 atom stereocenters. The van der Waals surface area contributed by atoms with E-state index in [4.69, 9.17) is 16.0 Å². The van der Waals surface area contributed by atoms with Crippen LogP contribution in [0.4, 0.5) is 0 Å². The number of esters is 1. The first-order chi connectivity index (χ1) is 16.4. The first kappa shape index (κ1) is 27.4. The third kappa shape index (κ3) is 8.16. The quantitative estimate of drug-likeness (QED) is 0.183. The van der Waals surface area contributed by atoms with E-state index in [9.17, 15) is 19.2 Å². The lowest BCUT2D eigenvalue weighted by Gasteiger charge is -2.26. The number of hydrogen-bond acceptors (Lipinski definition) is 6. The van der Waals surface area contributed by atoms with Crippen molar-refractivity contribution in [3.8, 4) is 0 Å². The normalized spacial score (nSPS) is 12.8. The Hall–Kier alpha value is -3.82. The number of carbonyl (C=O) groups excluding carboxylic acids is 4. The minimum absolute atomic E-state index is 0.0860. The molecular weight excluding hydrogens is 452 g/mol. The molecular formula is C24H32N6O5. The number of nitrogens with zero attached hydrogens (tertiary/aromatic N) is 3. The van der Waals surface area contributed by atoms with Gasteiger partial charge >= 0.3 is 12.2 Å². The Morgan fingerprint density at radius 3 is 2.49 bits per heavy atom. The topological polar surface area (TPSA) is 169 Å². The molecule has 0 spiro atoms. The van der Waals surface area contributed by atoms with E-state index in [1.807, 2.05) is 42.1 Å². The number of nitrogens with one attached hydrogen (secondary N) is 2. The van der Waals surface area contributed by atoms with Gasteiger partial charge < -0.3 is 31.2 Å². The van der Waals surface area contributed by atoms with Crippen molar-refractivity contribution in [1.29, 1.82) is 0 Å². The summed E-state index contributed by atoms with van der Waals surface area (Å²) in [6.07, 6.45) is 2.49. The zero-order chi connectivity index (χ0) is 26.2. The molecule has 1 aromatic heterocycles. The smallest absolute Gasteiger partial charge is 0.329 e. The van der Waals surface area contributed by atoms with E-state index in [0.29, 0.717) is 0 Å². The molecule has 0 unspecified atom stereocenters. The van der Waals surface area contributed by atoms with Crippen LogP contribution in [0.5, 0.6) is 0 Å². The van der Waals surface area contributed by atoms with Crippen LogP contribution in [0.15, 0.2) is 30.5 Å². The van der Waals surface area contributed by atoms with Gasteiger partial charge in [-0.25, -0.2) is 4.79 Å². The first-order valence-corrected chi connectivity index (χ1v) is 11.2. The summed E-state index contributed by atoms with van der Waals surface area (Å²) in [4.78, 5) is 52.6. The van der Waals surface area contributed by atoms with Crippen LogP contribution in [-0.2, 0) is 37.4 Å². The number of para-hydroxylation sites is 1. The number of aromatic nitrogens is 1. The van der Waals surface area contributed by atoms with Crippen LogP contribution in [0.2, 0.25) is 0 Å². The highest BCUT2D eigenvalue weighted by molar-refractivity contribution is 6.25. The fourth-order valence-corrected chi connectivity index (χ4v) is 3.58. The Morgan fingerprint density at radius 1 is 1.17 bits per heavy atom. The Bertz CT molecular complexity index is 1140. The second kappa shape index (κ2) is 12.0. The minimum Gasteiger partial charge on any atom is -0.458 e. The van der Waals surface area contributed by atoms with E-state index in [1.54, 1.807) is 20.8 Å². The fourth-order valence-electron chi connectivity index (χ4n) is 3.58. The monoisotopic (exact) mass is 484 g/mol. The summed E-state index contributed by atoms with van der Waals surface area (Å²) in [7, 11) is 1.88. The molecule has 11 nitrogen and oxygen atoms in total. The number of ketones is 1. The molecule has 35 heavy (non-hydrogen) atoms. The van der Waals surface area contributed by atoms with Crippen LogP contribution >= 0.6 is 0 Å². The highest BCUT2D eigenvalue weighted by atomic mass is 16.6. The number of nitrogens with two attached hydrogens (primary N) is 1. The molecule has 2 rings (SSSR count). The number of aryl methyl sites for hydroxylation is 1.